The van der Waals surface area contributed by atoms with Gasteiger partial charge in [0.25, 0.3) is 5.91 Å². The molecule has 1 aliphatic rings. The summed E-state index contributed by atoms with van der Waals surface area (Å²) in [5.74, 6) is 0.968. The molecule has 4 rings (SSSR count). The van der Waals surface area contributed by atoms with Crippen molar-refractivity contribution in [3.8, 4) is 11.5 Å². The maximum absolute atomic E-state index is 12.2. The number of hydrogen-bond donors (Lipinski definition) is 1. The molecule has 8 heteroatoms. The molecule has 0 spiro atoms. The highest BCUT2D eigenvalue weighted by atomic mass is 35.5. The van der Waals surface area contributed by atoms with Crippen LogP contribution in [0.5, 0.6) is 11.5 Å². The van der Waals surface area contributed by atoms with E-state index in [9.17, 15) is 4.79 Å². The van der Waals surface area contributed by atoms with E-state index in [0.717, 1.165) is 11.1 Å². The van der Waals surface area contributed by atoms with E-state index in [2.05, 4.69) is 15.6 Å². The lowest BCUT2D eigenvalue weighted by atomic mass is 10.2. The van der Waals surface area contributed by atoms with Crippen LogP contribution in [-0.4, -0.2) is 28.7 Å². The first-order valence-electron chi connectivity index (χ1n) is 8.18. The van der Waals surface area contributed by atoms with Crippen molar-refractivity contribution in [3.63, 3.8) is 0 Å². The number of ether oxygens (including phenoxy) is 2. The lowest BCUT2D eigenvalue weighted by Crippen LogP contribution is -2.18. The number of carbonyl (C=O) groups is 1. The minimum Gasteiger partial charge on any atom is -0.454 e. The molecule has 1 N–H and O–H groups in total. The topological polar surface area (TPSA) is 77.7 Å². The van der Waals surface area contributed by atoms with Gasteiger partial charge in [-0.1, -0.05) is 23.7 Å². The van der Waals surface area contributed by atoms with Crippen molar-refractivity contribution in [2.45, 2.75) is 6.54 Å². The number of fused-ring (bicyclic) bond motifs is 1. The first kappa shape index (κ1) is 17.1. The molecule has 0 unspecified atom stereocenters. The van der Waals surface area contributed by atoms with Gasteiger partial charge in [-0.25, -0.2) is 5.43 Å². The van der Waals surface area contributed by atoms with Gasteiger partial charge in [-0.2, -0.15) is 10.2 Å². The summed E-state index contributed by atoms with van der Waals surface area (Å²) in [5.41, 5.74) is 4.57. The molecule has 0 atom stereocenters. The van der Waals surface area contributed by atoms with E-state index in [-0.39, 0.29) is 18.4 Å². The minimum atomic E-state index is -0.387. The second-order valence-corrected chi connectivity index (χ2v) is 6.27. The molecule has 0 bridgehead atoms. The molecule has 7 nitrogen and oxygen atoms in total. The third-order valence-electron chi connectivity index (χ3n) is 3.91. The zero-order chi connectivity index (χ0) is 18.6. The van der Waals surface area contributed by atoms with Crippen molar-refractivity contribution < 1.29 is 14.3 Å². The number of rotatable bonds is 5. The lowest BCUT2D eigenvalue weighted by Gasteiger charge is -2.02. The zero-order valence-corrected chi connectivity index (χ0v) is 14.9. The Morgan fingerprint density at radius 2 is 2.00 bits per heavy atom. The van der Waals surface area contributed by atoms with Crippen LogP contribution in [0.1, 0.15) is 21.6 Å². The number of amides is 1. The predicted molar refractivity (Wildman–Crippen MR) is 100 cm³/mol. The van der Waals surface area contributed by atoms with Crippen molar-refractivity contribution in [3.05, 3.63) is 76.6 Å². The third kappa shape index (κ3) is 4.09. The number of aromatic nitrogens is 2. The highest BCUT2D eigenvalue weighted by molar-refractivity contribution is 6.30. The fraction of sp³-hybridized carbons (Fsp3) is 0.105. The van der Waals surface area contributed by atoms with Crippen LogP contribution in [-0.2, 0) is 6.54 Å². The summed E-state index contributed by atoms with van der Waals surface area (Å²) in [5, 5.41) is 8.90. The van der Waals surface area contributed by atoms with Gasteiger partial charge in [0.15, 0.2) is 17.2 Å². The number of halogens is 1. The fourth-order valence-electron chi connectivity index (χ4n) is 2.56. The molecule has 27 heavy (non-hydrogen) atoms. The van der Waals surface area contributed by atoms with Gasteiger partial charge in [-0.05, 0) is 47.5 Å². The van der Waals surface area contributed by atoms with Crippen molar-refractivity contribution in [1.29, 1.82) is 0 Å². The van der Waals surface area contributed by atoms with E-state index in [4.69, 9.17) is 21.1 Å². The van der Waals surface area contributed by atoms with Gasteiger partial charge < -0.3 is 9.47 Å². The Morgan fingerprint density at radius 3 is 2.85 bits per heavy atom. The van der Waals surface area contributed by atoms with Crippen LogP contribution in [0.3, 0.4) is 0 Å². The Kier molecular flexibility index (Phi) is 4.76. The van der Waals surface area contributed by atoms with E-state index in [1.165, 1.54) is 6.21 Å². The van der Waals surface area contributed by atoms with Gasteiger partial charge in [0.1, 0.15) is 0 Å². The van der Waals surface area contributed by atoms with E-state index in [0.29, 0.717) is 23.1 Å². The van der Waals surface area contributed by atoms with Gasteiger partial charge in [-0.15, -0.1) is 0 Å². The number of hydrogen-bond acceptors (Lipinski definition) is 5. The van der Waals surface area contributed by atoms with Crippen LogP contribution in [0, 0.1) is 0 Å². The van der Waals surface area contributed by atoms with Gasteiger partial charge >= 0.3 is 0 Å². The van der Waals surface area contributed by atoms with Crippen molar-refractivity contribution in [2.75, 3.05) is 6.79 Å². The number of hydrazone groups is 1. The first-order valence-corrected chi connectivity index (χ1v) is 8.56. The average molecular weight is 383 g/mol. The Bertz CT molecular complexity index is 998. The fourth-order valence-corrected chi connectivity index (χ4v) is 2.69. The second kappa shape index (κ2) is 7.51. The third-order valence-corrected chi connectivity index (χ3v) is 4.16. The Balaban J connectivity index is 1.36. The summed E-state index contributed by atoms with van der Waals surface area (Å²) in [7, 11) is 0. The maximum atomic E-state index is 12.2. The highest BCUT2D eigenvalue weighted by Gasteiger charge is 2.13. The minimum absolute atomic E-state index is 0.214. The van der Waals surface area contributed by atoms with Gasteiger partial charge in [0, 0.05) is 11.2 Å². The Hall–Kier alpha value is -3.32. The summed E-state index contributed by atoms with van der Waals surface area (Å²) in [6.45, 7) is 0.760. The summed E-state index contributed by atoms with van der Waals surface area (Å²) in [6, 6.07) is 14.5. The van der Waals surface area contributed by atoms with E-state index >= 15 is 0 Å². The first-order chi connectivity index (χ1) is 13.2. The lowest BCUT2D eigenvalue weighted by molar-refractivity contribution is 0.0949. The molecule has 1 aliphatic heterocycles. The quantitative estimate of drug-likeness (QED) is 0.543. The zero-order valence-electron chi connectivity index (χ0n) is 14.1. The molecule has 0 saturated heterocycles. The molecule has 1 aromatic heterocycles. The molecular formula is C19H15ClN4O3. The predicted octanol–water partition coefficient (Wildman–Crippen LogP) is 3.08. The van der Waals surface area contributed by atoms with Crippen LogP contribution in [0.15, 0.2) is 59.8 Å². The highest BCUT2D eigenvalue weighted by Crippen LogP contribution is 2.31. The molecule has 0 saturated carbocycles. The van der Waals surface area contributed by atoms with E-state index in [1.54, 1.807) is 29.1 Å². The molecular weight excluding hydrogens is 368 g/mol. The molecule has 0 fully saturated rings. The number of benzene rings is 2. The largest absolute Gasteiger partial charge is 0.454 e. The van der Waals surface area contributed by atoms with Crippen molar-refractivity contribution in [2.24, 2.45) is 5.10 Å². The summed E-state index contributed by atoms with van der Waals surface area (Å²) in [4.78, 5) is 12.2. The summed E-state index contributed by atoms with van der Waals surface area (Å²) >= 11 is 5.88. The normalized spacial score (nSPS) is 12.5. The number of nitrogens with zero attached hydrogens (tertiary/aromatic N) is 3. The van der Waals surface area contributed by atoms with Crippen LogP contribution in [0.4, 0.5) is 0 Å². The van der Waals surface area contributed by atoms with Crippen LogP contribution >= 0.6 is 11.6 Å². The molecule has 2 heterocycles. The molecule has 1 amide bonds. The maximum Gasteiger partial charge on any atom is 0.291 e. The molecule has 0 radical (unpaired) electrons. The van der Waals surface area contributed by atoms with Gasteiger partial charge in [0.05, 0.1) is 12.8 Å². The second-order valence-electron chi connectivity index (χ2n) is 5.84. The summed E-state index contributed by atoms with van der Waals surface area (Å²) < 4.78 is 12.2. The summed E-state index contributed by atoms with van der Waals surface area (Å²) in [6.07, 6.45) is 3.27. The number of nitrogens with one attached hydrogen (secondary N) is 1. The van der Waals surface area contributed by atoms with Crippen molar-refractivity contribution in [1.82, 2.24) is 15.2 Å². The van der Waals surface area contributed by atoms with Gasteiger partial charge in [0.2, 0.25) is 6.79 Å². The van der Waals surface area contributed by atoms with Gasteiger partial charge in [-0.3, -0.25) is 9.48 Å². The molecule has 136 valence electrons. The van der Waals surface area contributed by atoms with Crippen LogP contribution in [0.2, 0.25) is 5.02 Å². The Labute approximate surface area is 160 Å². The smallest absolute Gasteiger partial charge is 0.291 e. The molecule has 2 aromatic carbocycles. The molecule has 3 aromatic rings. The van der Waals surface area contributed by atoms with Crippen molar-refractivity contribution >= 4 is 23.7 Å². The van der Waals surface area contributed by atoms with Crippen LogP contribution in [0.25, 0.3) is 0 Å². The number of carbonyl (C=O) groups excluding carboxylic acids is 1. The monoisotopic (exact) mass is 382 g/mol. The molecule has 0 aliphatic carbocycles. The Morgan fingerprint density at radius 1 is 1.19 bits per heavy atom. The van der Waals surface area contributed by atoms with Crippen LogP contribution < -0.4 is 14.9 Å². The SMILES string of the molecule is O=C(NN=Cc1ccc2c(c1)OCO2)c1ccn(Cc2ccc(Cl)cc2)n1. The van der Waals surface area contributed by atoms with E-state index in [1.807, 2.05) is 30.3 Å². The van der Waals surface area contributed by atoms with E-state index < -0.39 is 0 Å². The average Bonchev–Trinajstić information content (AvgIpc) is 3.32. The standard InChI is InChI=1S/C19H15ClN4O3/c20-15-4-1-13(2-5-15)11-24-8-7-16(23-24)19(25)22-21-10-14-3-6-17-18(9-14)27-12-26-17/h1-10H,11-12H2,(H,22,25).